The second-order valence-electron chi connectivity index (χ2n) is 5.89. The fourth-order valence-electron chi connectivity index (χ4n) is 3.38. The Balaban J connectivity index is 2.01. The molecule has 0 saturated heterocycles. The number of hydrogen-bond donors (Lipinski definition) is 0. The summed E-state index contributed by atoms with van der Waals surface area (Å²) in [4.78, 5) is 1.42. The van der Waals surface area contributed by atoms with E-state index in [2.05, 4.69) is 73.8 Å². The molecule has 0 atom stereocenters. The summed E-state index contributed by atoms with van der Waals surface area (Å²) in [5.74, 6) is 0. The maximum Gasteiger partial charge on any atom is 0.0390 e. The molecule has 20 heavy (non-hydrogen) atoms. The van der Waals surface area contributed by atoms with Gasteiger partial charge in [-0.05, 0) is 33.2 Å². The van der Waals surface area contributed by atoms with Crippen LogP contribution in [0, 0.1) is 0 Å². The van der Waals surface area contributed by atoms with Gasteiger partial charge in [-0.25, -0.2) is 0 Å². The van der Waals surface area contributed by atoms with E-state index in [1.165, 1.54) is 32.7 Å². The van der Waals surface area contributed by atoms with Crippen molar-refractivity contribution in [2.75, 3.05) is 0 Å². The lowest BCUT2D eigenvalue weighted by Gasteiger charge is -2.22. The van der Waals surface area contributed by atoms with Gasteiger partial charge in [0, 0.05) is 10.3 Å². The Morgan fingerprint density at radius 1 is 0.800 bits per heavy atom. The summed E-state index contributed by atoms with van der Waals surface area (Å²) in [5, 5.41) is 2.32. The zero-order valence-electron chi connectivity index (χ0n) is 11.7. The Morgan fingerprint density at radius 3 is 2.30 bits per heavy atom. The SMILES string of the molecule is CC1(C)c2ccccc2-c2csc(-c3ccccc3)c21. The second kappa shape index (κ2) is 4.07. The third kappa shape index (κ3) is 1.47. The highest BCUT2D eigenvalue weighted by Crippen LogP contribution is 2.54. The molecule has 1 heteroatoms. The van der Waals surface area contributed by atoms with E-state index in [-0.39, 0.29) is 5.41 Å². The van der Waals surface area contributed by atoms with Crippen molar-refractivity contribution in [3.8, 4) is 21.6 Å². The molecule has 1 aliphatic rings. The van der Waals surface area contributed by atoms with Crippen LogP contribution in [0.25, 0.3) is 21.6 Å². The first-order valence-electron chi connectivity index (χ1n) is 6.97. The van der Waals surface area contributed by atoms with Crippen molar-refractivity contribution >= 4 is 11.3 Å². The number of thiophene rings is 1. The Hall–Kier alpha value is -1.86. The topological polar surface area (TPSA) is 0 Å². The van der Waals surface area contributed by atoms with E-state index in [4.69, 9.17) is 0 Å². The number of fused-ring (bicyclic) bond motifs is 3. The van der Waals surface area contributed by atoms with Crippen molar-refractivity contribution in [1.82, 2.24) is 0 Å². The molecule has 98 valence electrons. The second-order valence-corrected chi connectivity index (χ2v) is 6.77. The van der Waals surface area contributed by atoms with Crippen molar-refractivity contribution < 1.29 is 0 Å². The van der Waals surface area contributed by atoms with E-state index in [1.54, 1.807) is 0 Å². The third-order valence-corrected chi connectivity index (χ3v) is 5.37. The molecule has 1 aromatic heterocycles. The highest BCUT2D eigenvalue weighted by Gasteiger charge is 2.38. The van der Waals surface area contributed by atoms with E-state index in [0.29, 0.717) is 0 Å². The van der Waals surface area contributed by atoms with Gasteiger partial charge in [0.15, 0.2) is 0 Å². The van der Waals surface area contributed by atoms with Crippen LogP contribution in [0.15, 0.2) is 60.0 Å². The largest absolute Gasteiger partial charge is 0.143 e. The van der Waals surface area contributed by atoms with E-state index >= 15 is 0 Å². The van der Waals surface area contributed by atoms with Crippen LogP contribution in [0.1, 0.15) is 25.0 Å². The van der Waals surface area contributed by atoms with E-state index in [1.807, 2.05) is 11.3 Å². The van der Waals surface area contributed by atoms with Gasteiger partial charge in [0.25, 0.3) is 0 Å². The third-order valence-electron chi connectivity index (χ3n) is 4.34. The van der Waals surface area contributed by atoms with Gasteiger partial charge < -0.3 is 0 Å². The maximum absolute atomic E-state index is 2.34. The van der Waals surface area contributed by atoms with Crippen LogP contribution in [0.5, 0.6) is 0 Å². The van der Waals surface area contributed by atoms with E-state index in [0.717, 1.165) is 0 Å². The molecule has 2 aromatic carbocycles. The van der Waals surface area contributed by atoms with Crippen molar-refractivity contribution in [2.45, 2.75) is 19.3 Å². The maximum atomic E-state index is 2.34. The summed E-state index contributed by atoms with van der Waals surface area (Å²) < 4.78 is 0. The van der Waals surface area contributed by atoms with Crippen molar-refractivity contribution in [3.05, 3.63) is 71.1 Å². The molecule has 0 nitrogen and oxygen atoms in total. The molecular formula is C19H16S. The van der Waals surface area contributed by atoms with Crippen LogP contribution < -0.4 is 0 Å². The molecule has 0 N–H and O–H groups in total. The van der Waals surface area contributed by atoms with Gasteiger partial charge in [0.1, 0.15) is 0 Å². The van der Waals surface area contributed by atoms with Crippen LogP contribution in [-0.4, -0.2) is 0 Å². The molecule has 0 unspecified atom stereocenters. The number of hydrogen-bond acceptors (Lipinski definition) is 1. The molecule has 0 radical (unpaired) electrons. The molecule has 1 heterocycles. The normalized spacial score (nSPS) is 14.9. The monoisotopic (exact) mass is 276 g/mol. The van der Waals surface area contributed by atoms with Crippen LogP contribution in [0.3, 0.4) is 0 Å². The van der Waals surface area contributed by atoms with Crippen molar-refractivity contribution in [1.29, 1.82) is 0 Å². The predicted molar refractivity (Wildman–Crippen MR) is 87.3 cm³/mol. The Morgan fingerprint density at radius 2 is 1.50 bits per heavy atom. The molecule has 0 fully saturated rings. The molecule has 0 spiro atoms. The summed E-state index contributed by atoms with van der Waals surface area (Å²) in [6.07, 6.45) is 0. The summed E-state index contributed by atoms with van der Waals surface area (Å²) >= 11 is 1.87. The Labute approximate surface area is 123 Å². The molecule has 0 bridgehead atoms. The van der Waals surface area contributed by atoms with Gasteiger partial charge in [-0.15, -0.1) is 11.3 Å². The van der Waals surface area contributed by atoms with E-state index < -0.39 is 0 Å². The summed E-state index contributed by atoms with van der Waals surface area (Å²) in [6.45, 7) is 4.69. The minimum absolute atomic E-state index is 0.0943. The first-order valence-corrected chi connectivity index (χ1v) is 7.85. The van der Waals surface area contributed by atoms with Gasteiger partial charge in [-0.2, -0.15) is 0 Å². The zero-order chi connectivity index (χ0) is 13.7. The average molecular weight is 276 g/mol. The van der Waals surface area contributed by atoms with Crippen LogP contribution >= 0.6 is 11.3 Å². The summed E-state index contributed by atoms with van der Waals surface area (Å²) in [6, 6.07) is 19.6. The molecular weight excluding hydrogens is 260 g/mol. The van der Waals surface area contributed by atoms with Gasteiger partial charge in [-0.1, -0.05) is 68.4 Å². The number of benzene rings is 2. The molecule has 4 rings (SSSR count). The fraction of sp³-hybridized carbons (Fsp3) is 0.158. The lowest BCUT2D eigenvalue weighted by molar-refractivity contribution is 0.664. The molecule has 0 amide bonds. The smallest absolute Gasteiger partial charge is 0.0390 e. The zero-order valence-corrected chi connectivity index (χ0v) is 12.5. The van der Waals surface area contributed by atoms with Crippen molar-refractivity contribution in [2.24, 2.45) is 0 Å². The average Bonchev–Trinajstić information content (AvgIpc) is 3.01. The van der Waals surface area contributed by atoms with Gasteiger partial charge in [0.2, 0.25) is 0 Å². The van der Waals surface area contributed by atoms with Gasteiger partial charge >= 0.3 is 0 Å². The van der Waals surface area contributed by atoms with Crippen LogP contribution in [0.2, 0.25) is 0 Å². The Kier molecular flexibility index (Phi) is 2.42. The van der Waals surface area contributed by atoms with Gasteiger partial charge in [0.05, 0.1) is 0 Å². The van der Waals surface area contributed by atoms with Crippen LogP contribution in [0.4, 0.5) is 0 Å². The first kappa shape index (κ1) is 11.9. The molecule has 0 aliphatic heterocycles. The minimum Gasteiger partial charge on any atom is -0.143 e. The molecule has 0 saturated carbocycles. The lowest BCUT2D eigenvalue weighted by Crippen LogP contribution is -2.15. The molecule has 1 aliphatic carbocycles. The highest BCUT2D eigenvalue weighted by molar-refractivity contribution is 7.14. The summed E-state index contributed by atoms with van der Waals surface area (Å²) in [5.41, 5.74) is 7.21. The van der Waals surface area contributed by atoms with E-state index in [9.17, 15) is 0 Å². The first-order chi connectivity index (χ1) is 9.69. The highest BCUT2D eigenvalue weighted by atomic mass is 32.1. The number of rotatable bonds is 1. The van der Waals surface area contributed by atoms with Crippen molar-refractivity contribution in [3.63, 3.8) is 0 Å². The lowest BCUT2D eigenvalue weighted by atomic mass is 9.81. The standard InChI is InChI=1S/C19H16S/c1-19(2)16-11-7-6-10-14(16)15-12-20-18(17(15)19)13-8-4-3-5-9-13/h3-12H,1-2H3. The predicted octanol–water partition coefficient (Wildman–Crippen LogP) is 5.72. The quantitative estimate of drug-likeness (QED) is 0.533. The summed E-state index contributed by atoms with van der Waals surface area (Å²) in [7, 11) is 0. The fourth-order valence-corrected chi connectivity index (χ4v) is 4.61. The van der Waals surface area contributed by atoms with Gasteiger partial charge in [-0.3, -0.25) is 0 Å². The minimum atomic E-state index is 0.0943. The Bertz CT molecular complexity index is 779. The van der Waals surface area contributed by atoms with Crippen LogP contribution in [-0.2, 0) is 5.41 Å². The molecule has 3 aromatic rings.